The van der Waals surface area contributed by atoms with Gasteiger partial charge in [0.2, 0.25) is 9.84 Å². The van der Waals surface area contributed by atoms with E-state index in [1.807, 2.05) is 37.3 Å². The van der Waals surface area contributed by atoms with Crippen molar-refractivity contribution in [3.05, 3.63) is 84.4 Å². The molecule has 4 aromatic carbocycles. The third-order valence-electron chi connectivity index (χ3n) is 4.99. The van der Waals surface area contributed by atoms with Crippen LogP contribution in [-0.2, 0) is 9.84 Å². The Bertz CT molecular complexity index is 1290. The van der Waals surface area contributed by atoms with Crippen LogP contribution in [0.4, 0.5) is 0 Å². The lowest BCUT2D eigenvalue weighted by molar-refractivity contribution is 0.415. The number of rotatable bonds is 4. The van der Waals surface area contributed by atoms with Crippen LogP contribution in [0.1, 0.15) is 5.56 Å². The molecule has 0 bridgehead atoms. The lowest BCUT2D eigenvalue weighted by atomic mass is 9.97. The van der Waals surface area contributed by atoms with Gasteiger partial charge in [0.1, 0.15) is 11.5 Å². The molecular weight excluding hydrogens is 384 g/mol. The predicted molar refractivity (Wildman–Crippen MR) is 114 cm³/mol. The third-order valence-corrected chi connectivity index (χ3v) is 6.78. The predicted octanol–water partition coefficient (Wildman–Crippen LogP) is 5.36. The molecule has 0 spiro atoms. The number of ether oxygens (including phenoxy) is 1. The van der Waals surface area contributed by atoms with E-state index in [-0.39, 0.29) is 15.5 Å². The normalized spacial score (nSPS) is 11.5. The molecule has 4 aromatic rings. The van der Waals surface area contributed by atoms with Gasteiger partial charge < -0.3 is 9.84 Å². The summed E-state index contributed by atoms with van der Waals surface area (Å²) in [7, 11) is -2.27. The van der Waals surface area contributed by atoms with Crippen LogP contribution in [0.25, 0.3) is 21.9 Å². The summed E-state index contributed by atoms with van der Waals surface area (Å²) >= 11 is 0. The van der Waals surface area contributed by atoms with E-state index >= 15 is 0 Å². The van der Waals surface area contributed by atoms with E-state index in [2.05, 4.69) is 0 Å². The zero-order valence-corrected chi connectivity index (χ0v) is 16.9. The summed E-state index contributed by atoms with van der Waals surface area (Å²) in [5.41, 5.74) is 2.26. The fourth-order valence-electron chi connectivity index (χ4n) is 3.44. The van der Waals surface area contributed by atoms with Crippen molar-refractivity contribution in [3.63, 3.8) is 0 Å². The molecule has 0 aliphatic rings. The summed E-state index contributed by atoms with van der Waals surface area (Å²) in [6.07, 6.45) is 0. The maximum atomic E-state index is 13.5. The second-order valence-electron chi connectivity index (χ2n) is 6.86. The quantitative estimate of drug-likeness (QED) is 0.497. The minimum absolute atomic E-state index is 0.0662. The van der Waals surface area contributed by atoms with Crippen LogP contribution in [0.3, 0.4) is 0 Å². The fraction of sp³-hybridized carbons (Fsp3) is 0.0833. The van der Waals surface area contributed by atoms with E-state index in [1.165, 1.54) is 6.07 Å². The SMILES string of the molecule is COc1ccc(-c2c(S(=O)(=O)c3ccc(C)cc3)cc(O)c3ccccc23)cc1. The second kappa shape index (κ2) is 7.26. The van der Waals surface area contributed by atoms with Crippen LogP contribution >= 0.6 is 0 Å². The summed E-state index contributed by atoms with van der Waals surface area (Å²) in [6, 6.07) is 22.5. The van der Waals surface area contributed by atoms with Gasteiger partial charge in [0, 0.05) is 17.0 Å². The molecule has 29 heavy (non-hydrogen) atoms. The molecule has 0 saturated heterocycles. The molecule has 0 saturated carbocycles. The smallest absolute Gasteiger partial charge is 0.207 e. The number of hydrogen-bond donors (Lipinski definition) is 1. The average Bonchev–Trinajstić information content (AvgIpc) is 2.74. The molecule has 0 aliphatic heterocycles. The minimum Gasteiger partial charge on any atom is -0.507 e. The van der Waals surface area contributed by atoms with Crippen molar-refractivity contribution in [2.75, 3.05) is 7.11 Å². The second-order valence-corrected chi connectivity index (χ2v) is 8.78. The van der Waals surface area contributed by atoms with Crippen molar-refractivity contribution < 1.29 is 18.3 Å². The van der Waals surface area contributed by atoms with Gasteiger partial charge in [-0.25, -0.2) is 8.42 Å². The maximum absolute atomic E-state index is 13.5. The van der Waals surface area contributed by atoms with Crippen LogP contribution in [0, 0.1) is 6.92 Å². The first-order valence-electron chi connectivity index (χ1n) is 9.12. The highest BCUT2D eigenvalue weighted by Crippen LogP contribution is 2.41. The number of sulfone groups is 1. The number of fused-ring (bicyclic) bond motifs is 1. The van der Waals surface area contributed by atoms with Gasteiger partial charge in [-0.05, 0) is 42.1 Å². The molecule has 146 valence electrons. The molecule has 0 fully saturated rings. The Balaban J connectivity index is 2.06. The summed E-state index contributed by atoms with van der Waals surface area (Å²) in [5, 5.41) is 11.8. The maximum Gasteiger partial charge on any atom is 0.207 e. The molecule has 0 amide bonds. The molecule has 0 heterocycles. The zero-order valence-electron chi connectivity index (χ0n) is 16.1. The molecule has 5 heteroatoms. The third kappa shape index (κ3) is 3.34. The van der Waals surface area contributed by atoms with Gasteiger partial charge in [-0.2, -0.15) is 0 Å². The van der Waals surface area contributed by atoms with Gasteiger partial charge in [0.25, 0.3) is 0 Å². The largest absolute Gasteiger partial charge is 0.507 e. The summed E-state index contributed by atoms with van der Waals surface area (Å²) in [5.74, 6) is 0.614. The average molecular weight is 404 g/mol. The molecule has 1 N–H and O–H groups in total. The number of aryl methyl sites for hydroxylation is 1. The first kappa shape index (κ1) is 19.0. The Morgan fingerprint density at radius 2 is 1.45 bits per heavy atom. The highest BCUT2D eigenvalue weighted by Gasteiger charge is 2.25. The van der Waals surface area contributed by atoms with E-state index in [9.17, 15) is 13.5 Å². The highest BCUT2D eigenvalue weighted by atomic mass is 32.2. The van der Waals surface area contributed by atoms with E-state index in [0.29, 0.717) is 22.1 Å². The van der Waals surface area contributed by atoms with Gasteiger partial charge in [-0.3, -0.25) is 0 Å². The van der Waals surface area contributed by atoms with Gasteiger partial charge in [0.15, 0.2) is 0 Å². The minimum atomic E-state index is -3.86. The standard InChI is InChI=1S/C24H20O4S/c1-16-7-13-19(14-8-16)29(26,27)23-15-22(25)20-5-3-4-6-21(20)24(23)17-9-11-18(28-2)12-10-17/h3-15,25H,1-2H3. The Hall–Kier alpha value is -3.31. The monoisotopic (exact) mass is 404 g/mol. The van der Waals surface area contributed by atoms with Crippen molar-refractivity contribution in [2.45, 2.75) is 16.7 Å². The van der Waals surface area contributed by atoms with Crippen molar-refractivity contribution in [1.29, 1.82) is 0 Å². The van der Waals surface area contributed by atoms with E-state index in [0.717, 1.165) is 11.1 Å². The number of phenolic OH excluding ortho intramolecular Hbond substituents is 1. The number of benzene rings is 4. The fourth-order valence-corrected chi connectivity index (χ4v) is 4.95. The molecule has 0 aliphatic carbocycles. The van der Waals surface area contributed by atoms with Crippen molar-refractivity contribution >= 4 is 20.6 Å². The summed E-state index contributed by atoms with van der Waals surface area (Å²) in [6.45, 7) is 1.90. The van der Waals surface area contributed by atoms with Crippen LogP contribution in [0.15, 0.2) is 88.7 Å². The Labute approximate surface area is 169 Å². The van der Waals surface area contributed by atoms with Gasteiger partial charge >= 0.3 is 0 Å². The van der Waals surface area contributed by atoms with E-state index < -0.39 is 9.84 Å². The molecule has 0 atom stereocenters. The zero-order chi connectivity index (χ0) is 20.6. The van der Waals surface area contributed by atoms with Crippen LogP contribution < -0.4 is 4.74 Å². The van der Waals surface area contributed by atoms with Crippen LogP contribution in [0.2, 0.25) is 0 Å². The van der Waals surface area contributed by atoms with Crippen molar-refractivity contribution in [1.82, 2.24) is 0 Å². The lowest BCUT2D eigenvalue weighted by Crippen LogP contribution is -2.05. The van der Waals surface area contributed by atoms with Gasteiger partial charge in [-0.15, -0.1) is 0 Å². The summed E-state index contributed by atoms with van der Waals surface area (Å²) < 4.78 is 32.3. The van der Waals surface area contributed by atoms with Crippen LogP contribution in [-0.4, -0.2) is 20.6 Å². The Morgan fingerprint density at radius 1 is 0.828 bits per heavy atom. The Morgan fingerprint density at radius 3 is 2.07 bits per heavy atom. The molecule has 0 radical (unpaired) electrons. The van der Waals surface area contributed by atoms with Gasteiger partial charge in [-0.1, -0.05) is 54.1 Å². The lowest BCUT2D eigenvalue weighted by Gasteiger charge is -2.16. The van der Waals surface area contributed by atoms with Gasteiger partial charge in [0.05, 0.1) is 16.9 Å². The number of methoxy groups -OCH3 is 1. The number of phenols is 1. The first-order chi connectivity index (χ1) is 13.9. The molecule has 4 nitrogen and oxygen atoms in total. The van der Waals surface area contributed by atoms with Crippen molar-refractivity contribution in [3.8, 4) is 22.6 Å². The summed E-state index contributed by atoms with van der Waals surface area (Å²) in [4.78, 5) is 0.260. The molecule has 0 unspecified atom stereocenters. The van der Waals surface area contributed by atoms with E-state index in [1.54, 1.807) is 49.6 Å². The molecule has 4 rings (SSSR count). The Kier molecular flexibility index (Phi) is 4.76. The van der Waals surface area contributed by atoms with E-state index in [4.69, 9.17) is 4.74 Å². The molecule has 0 aromatic heterocycles. The highest BCUT2D eigenvalue weighted by molar-refractivity contribution is 7.91. The molecular formula is C24H20O4S. The first-order valence-corrected chi connectivity index (χ1v) is 10.6. The topological polar surface area (TPSA) is 63.6 Å². The van der Waals surface area contributed by atoms with Crippen molar-refractivity contribution in [2.24, 2.45) is 0 Å². The number of aromatic hydroxyl groups is 1. The number of hydrogen-bond acceptors (Lipinski definition) is 4. The van der Waals surface area contributed by atoms with Crippen LogP contribution in [0.5, 0.6) is 11.5 Å².